The van der Waals surface area contributed by atoms with Gasteiger partial charge in [0, 0.05) is 11.8 Å². The fourth-order valence-electron chi connectivity index (χ4n) is 2.53. The van der Waals surface area contributed by atoms with Crippen LogP contribution in [0.1, 0.15) is 18.9 Å². The highest BCUT2D eigenvalue weighted by Crippen LogP contribution is 2.18. The van der Waals surface area contributed by atoms with Gasteiger partial charge in [-0.15, -0.1) is 0 Å². The number of oxime groups is 1. The largest absolute Gasteiger partial charge is 0.490 e. The van der Waals surface area contributed by atoms with Crippen LogP contribution in [0.4, 0.5) is 0 Å². The second kappa shape index (κ2) is 9.37. The van der Waals surface area contributed by atoms with Crippen LogP contribution >= 0.6 is 0 Å². The van der Waals surface area contributed by atoms with E-state index in [9.17, 15) is 0 Å². The Bertz CT molecular complexity index is 816. The van der Waals surface area contributed by atoms with Gasteiger partial charge in [0.25, 0.3) is 0 Å². The Morgan fingerprint density at radius 3 is 2.35 bits per heavy atom. The SMILES string of the molecule is CCC(=NOCCOc1ccccc1)c1ccc(-c2ccccn2)cc1. The van der Waals surface area contributed by atoms with E-state index in [1.165, 1.54) is 0 Å². The van der Waals surface area contributed by atoms with E-state index in [4.69, 9.17) is 9.57 Å². The number of hydrogen-bond donors (Lipinski definition) is 0. The summed E-state index contributed by atoms with van der Waals surface area (Å²) in [6.07, 6.45) is 2.59. The molecule has 2 aromatic carbocycles. The standard InChI is InChI=1S/C22H22N2O2/c1-2-21(24-26-17-16-25-20-8-4-3-5-9-20)18-11-13-19(14-12-18)22-10-6-7-15-23-22/h3-15H,2,16-17H2,1H3. The van der Waals surface area contributed by atoms with Crippen molar-refractivity contribution in [2.45, 2.75) is 13.3 Å². The zero-order chi connectivity index (χ0) is 18.0. The summed E-state index contributed by atoms with van der Waals surface area (Å²) >= 11 is 0. The van der Waals surface area contributed by atoms with Crippen LogP contribution in [0, 0.1) is 0 Å². The highest BCUT2D eigenvalue weighted by atomic mass is 16.6. The van der Waals surface area contributed by atoms with Gasteiger partial charge in [0.2, 0.25) is 0 Å². The highest BCUT2D eigenvalue weighted by Gasteiger charge is 2.04. The van der Waals surface area contributed by atoms with Gasteiger partial charge >= 0.3 is 0 Å². The molecule has 3 aromatic rings. The van der Waals surface area contributed by atoms with Crippen LogP contribution < -0.4 is 4.74 Å². The van der Waals surface area contributed by atoms with E-state index in [1.807, 2.05) is 48.5 Å². The Morgan fingerprint density at radius 1 is 0.885 bits per heavy atom. The molecular formula is C22H22N2O2. The second-order valence-electron chi connectivity index (χ2n) is 5.68. The van der Waals surface area contributed by atoms with Crippen LogP contribution in [0.2, 0.25) is 0 Å². The second-order valence-corrected chi connectivity index (χ2v) is 5.68. The Balaban J connectivity index is 1.55. The molecule has 26 heavy (non-hydrogen) atoms. The predicted molar refractivity (Wildman–Crippen MR) is 104 cm³/mol. The maximum atomic E-state index is 5.59. The van der Waals surface area contributed by atoms with Crippen LogP contribution in [0.15, 0.2) is 84.1 Å². The Morgan fingerprint density at radius 2 is 1.65 bits per heavy atom. The molecule has 1 heterocycles. The topological polar surface area (TPSA) is 43.7 Å². The maximum absolute atomic E-state index is 5.59. The van der Waals surface area contributed by atoms with Crippen molar-refractivity contribution in [3.63, 3.8) is 0 Å². The molecule has 0 fully saturated rings. The van der Waals surface area contributed by atoms with E-state index < -0.39 is 0 Å². The summed E-state index contributed by atoms with van der Waals surface area (Å²) in [5, 5.41) is 4.27. The van der Waals surface area contributed by atoms with Crippen molar-refractivity contribution in [3.05, 3.63) is 84.6 Å². The third kappa shape index (κ3) is 4.93. The normalized spacial score (nSPS) is 11.2. The van der Waals surface area contributed by atoms with Crippen LogP contribution in [0.3, 0.4) is 0 Å². The van der Waals surface area contributed by atoms with E-state index >= 15 is 0 Å². The highest BCUT2D eigenvalue weighted by molar-refractivity contribution is 6.00. The first-order valence-electron chi connectivity index (χ1n) is 8.75. The summed E-state index contributed by atoms with van der Waals surface area (Å²) < 4.78 is 5.59. The molecule has 0 amide bonds. The van der Waals surface area contributed by atoms with Gasteiger partial charge in [-0.25, -0.2) is 0 Å². The van der Waals surface area contributed by atoms with Crippen LogP contribution in [-0.2, 0) is 4.84 Å². The number of aromatic nitrogens is 1. The molecule has 0 bridgehead atoms. The summed E-state index contributed by atoms with van der Waals surface area (Å²) in [5.74, 6) is 0.834. The molecule has 0 spiro atoms. The van der Waals surface area contributed by atoms with Gasteiger partial charge in [0.05, 0.1) is 11.4 Å². The Hall–Kier alpha value is -3.14. The number of rotatable bonds is 8. The first kappa shape index (κ1) is 17.7. The minimum absolute atomic E-state index is 0.407. The van der Waals surface area contributed by atoms with Gasteiger partial charge in [-0.05, 0) is 36.2 Å². The van der Waals surface area contributed by atoms with Gasteiger partial charge in [-0.1, -0.05) is 60.6 Å². The van der Waals surface area contributed by atoms with Crippen LogP contribution in [-0.4, -0.2) is 23.9 Å². The van der Waals surface area contributed by atoms with Crippen LogP contribution in [0.5, 0.6) is 5.75 Å². The molecule has 0 unspecified atom stereocenters. The zero-order valence-electron chi connectivity index (χ0n) is 14.8. The molecular weight excluding hydrogens is 324 g/mol. The zero-order valence-corrected chi connectivity index (χ0v) is 14.8. The van der Waals surface area contributed by atoms with E-state index in [0.717, 1.165) is 34.7 Å². The van der Waals surface area contributed by atoms with Gasteiger partial charge in [0.15, 0.2) is 6.61 Å². The van der Waals surface area contributed by atoms with Crippen molar-refractivity contribution in [1.82, 2.24) is 4.98 Å². The lowest BCUT2D eigenvalue weighted by molar-refractivity contribution is 0.107. The lowest BCUT2D eigenvalue weighted by Crippen LogP contribution is -2.06. The summed E-state index contributed by atoms with van der Waals surface area (Å²) in [6.45, 7) is 2.93. The molecule has 1 aromatic heterocycles. The lowest BCUT2D eigenvalue weighted by atomic mass is 10.0. The third-order valence-electron chi connectivity index (χ3n) is 3.87. The number of hydrogen-bond acceptors (Lipinski definition) is 4. The fourth-order valence-corrected chi connectivity index (χ4v) is 2.53. The molecule has 4 nitrogen and oxygen atoms in total. The molecule has 0 N–H and O–H groups in total. The number of ether oxygens (including phenoxy) is 1. The molecule has 132 valence electrons. The number of nitrogens with zero attached hydrogens (tertiary/aromatic N) is 2. The van der Waals surface area contributed by atoms with E-state index in [-0.39, 0.29) is 0 Å². The van der Waals surface area contributed by atoms with Gasteiger partial charge < -0.3 is 9.57 Å². The molecule has 0 aliphatic heterocycles. The van der Waals surface area contributed by atoms with E-state index in [0.29, 0.717) is 13.2 Å². The van der Waals surface area contributed by atoms with Crippen LogP contribution in [0.25, 0.3) is 11.3 Å². The van der Waals surface area contributed by atoms with Crippen molar-refractivity contribution >= 4 is 5.71 Å². The maximum Gasteiger partial charge on any atom is 0.151 e. The molecule has 4 heteroatoms. The summed E-state index contributed by atoms with van der Waals surface area (Å²) in [6, 6.07) is 23.8. The smallest absolute Gasteiger partial charge is 0.151 e. The number of para-hydroxylation sites is 1. The lowest BCUT2D eigenvalue weighted by Gasteiger charge is -2.07. The minimum Gasteiger partial charge on any atom is -0.490 e. The average molecular weight is 346 g/mol. The summed E-state index contributed by atoms with van der Waals surface area (Å²) in [7, 11) is 0. The van der Waals surface area contributed by atoms with Crippen molar-refractivity contribution in [2.24, 2.45) is 5.16 Å². The third-order valence-corrected chi connectivity index (χ3v) is 3.87. The number of pyridine rings is 1. The van der Waals surface area contributed by atoms with Crippen molar-refractivity contribution in [1.29, 1.82) is 0 Å². The molecule has 0 radical (unpaired) electrons. The van der Waals surface area contributed by atoms with Gasteiger partial charge in [-0.2, -0.15) is 0 Å². The first-order chi connectivity index (χ1) is 12.9. The quantitative estimate of drug-likeness (QED) is 0.329. The van der Waals surface area contributed by atoms with Crippen molar-refractivity contribution < 1.29 is 9.57 Å². The minimum atomic E-state index is 0.407. The van der Waals surface area contributed by atoms with Gasteiger partial charge in [-0.3, -0.25) is 4.98 Å². The van der Waals surface area contributed by atoms with Crippen molar-refractivity contribution in [2.75, 3.05) is 13.2 Å². The molecule has 3 rings (SSSR count). The summed E-state index contributed by atoms with van der Waals surface area (Å²) in [4.78, 5) is 9.80. The summed E-state index contributed by atoms with van der Waals surface area (Å²) in [5.41, 5.74) is 4.01. The average Bonchev–Trinajstić information content (AvgIpc) is 2.72. The molecule has 0 saturated carbocycles. The predicted octanol–water partition coefficient (Wildman–Crippen LogP) is 4.96. The first-order valence-corrected chi connectivity index (χ1v) is 8.75. The monoisotopic (exact) mass is 346 g/mol. The number of benzene rings is 2. The molecule has 0 atom stereocenters. The van der Waals surface area contributed by atoms with E-state index in [2.05, 4.69) is 41.3 Å². The van der Waals surface area contributed by atoms with Crippen molar-refractivity contribution in [3.8, 4) is 17.0 Å². The Kier molecular flexibility index (Phi) is 6.37. The van der Waals surface area contributed by atoms with E-state index in [1.54, 1.807) is 6.20 Å². The molecule has 0 saturated heterocycles. The fraction of sp³-hybridized carbons (Fsp3) is 0.182. The van der Waals surface area contributed by atoms with Gasteiger partial charge in [0.1, 0.15) is 12.4 Å². The molecule has 0 aliphatic rings. The molecule has 0 aliphatic carbocycles. The Labute approximate surface area is 154 Å².